The third-order valence-electron chi connectivity index (χ3n) is 4.45. The van der Waals surface area contributed by atoms with Crippen LogP contribution >= 0.6 is 11.8 Å². The van der Waals surface area contributed by atoms with E-state index in [0.29, 0.717) is 29.0 Å². The molecule has 3 rings (SSSR count). The molecule has 7 nitrogen and oxygen atoms in total. The van der Waals surface area contributed by atoms with E-state index in [1.165, 1.54) is 16.8 Å². The van der Waals surface area contributed by atoms with E-state index in [4.69, 9.17) is 5.11 Å². The van der Waals surface area contributed by atoms with Crippen LogP contribution in [-0.2, 0) is 4.79 Å². The molecule has 1 aliphatic heterocycles. The highest BCUT2D eigenvalue weighted by molar-refractivity contribution is 8.01. The van der Waals surface area contributed by atoms with Crippen LogP contribution in [0.5, 0.6) is 0 Å². The number of aliphatic carboxylic acids is 1. The van der Waals surface area contributed by atoms with Crippen molar-refractivity contribution in [3.63, 3.8) is 0 Å². The highest BCUT2D eigenvalue weighted by Crippen LogP contribution is 2.36. The summed E-state index contributed by atoms with van der Waals surface area (Å²) >= 11 is 1.29. The minimum atomic E-state index is -1.12. The lowest BCUT2D eigenvalue weighted by Gasteiger charge is -2.43. The number of hydrogen-bond donors (Lipinski definition) is 2. The van der Waals surface area contributed by atoms with Gasteiger partial charge in [0.1, 0.15) is 0 Å². The van der Waals surface area contributed by atoms with Crippen molar-refractivity contribution in [2.75, 3.05) is 5.75 Å². The van der Waals surface area contributed by atoms with Gasteiger partial charge in [-0.2, -0.15) is 10.1 Å². The maximum Gasteiger partial charge on any atom is 0.309 e. The highest BCUT2D eigenvalue weighted by atomic mass is 32.2. The molecule has 0 bridgehead atoms. The van der Waals surface area contributed by atoms with Crippen LogP contribution in [0.3, 0.4) is 0 Å². The van der Waals surface area contributed by atoms with Crippen molar-refractivity contribution in [3.05, 3.63) is 71.8 Å². The van der Waals surface area contributed by atoms with Gasteiger partial charge in [0.25, 0.3) is 11.8 Å². The lowest BCUT2D eigenvalue weighted by molar-refractivity contribution is -0.135. The number of nitrogens with one attached hydrogen (secondary N) is 1. The predicted molar refractivity (Wildman–Crippen MR) is 112 cm³/mol. The number of carboxylic acids is 1. The number of carbonyl (C=O) groups excluding carboxylic acids is 2. The molecule has 1 aliphatic rings. The van der Waals surface area contributed by atoms with E-state index in [2.05, 4.69) is 10.4 Å². The Hall–Kier alpha value is -3.13. The van der Waals surface area contributed by atoms with Crippen LogP contribution < -0.4 is 5.32 Å². The third kappa shape index (κ3) is 4.65. The fourth-order valence-electron chi connectivity index (χ4n) is 2.96. The first-order valence-electron chi connectivity index (χ1n) is 9.14. The highest BCUT2D eigenvalue weighted by Gasteiger charge is 2.44. The van der Waals surface area contributed by atoms with Gasteiger partial charge in [0.2, 0.25) is 0 Å². The molecule has 0 radical (unpaired) electrons. The molecule has 0 saturated carbocycles. The first kappa shape index (κ1) is 20.6. The fraction of sp³-hybridized carbons (Fsp3) is 0.238. The number of thioether (sulfide) groups is 1. The Labute approximate surface area is 172 Å². The van der Waals surface area contributed by atoms with Gasteiger partial charge >= 0.3 is 5.97 Å². The largest absolute Gasteiger partial charge is 0.481 e. The topological polar surface area (TPSA) is 99.1 Å². The number of nitrogens with zero attached hydrogens (tertiary/aromatic N) is 2. The van der Waals surface area contributed by atoms with Crippen molar-refractivity contribution < 1.29 is 19.5 Å². The molecule has 0 fully saturated rings. The number of carbonyl (C=O) groups is 3. The lowest BCUT2D eigenvalue weighted by Crippen LogP contribution is -2.60. The minimum absolute atomic E-state index is 0.266. The third-order valence-corrected chi connectivity index (χ3v) is 5.97. The second-order valence-electron chi connectivity index (χ2n) is 6.47. The standard InChI is InChI=1S/C21H21N3O4S/c1-2-21(22-19(27)15-9-5-3-6-10-15)24(20(28)16-11-7-4-8-12-16)23-17(14-29-21)13-18(25)26/h3-12H,2,13-14H2,1H3,(H,22,27)(H,25,26). The van der Waals surface area contributed by atoms with E-state index in [9.17, 15) is 14.4 Å². The van der Waals surface area contributed by atoms with Gasteiger partial charge in [-0.3, -0.25) is 14.4 Å². The Morgan fingerprint density at radius 3 is 2.21 bits per heavy atom. The van der Waals surface area contributed by atoms with Crippen LogP contribution in [-0.4, -0.2) is 44.4 Å². The normalized spacial score (nSPS) is 18.7. The number of amides is 2. The van der Waals surface area contributed by atoms with Gasteiger partial charge in [-0.1, -0.05) is 43.3 Å². The summed E-state index contributed by atoms with van der Waals surface area (Å²) in [5, 5.41) is 17.6. The zero-order valence-corrected chi connectivity index (χ0v) is 16.7. The van der Waals surface area contributed by atoms with Crippen LogP contribution in [0.1, 0.15) is 40.5 Å². The van der Waals surface area contributed by atoms with Crippen molar-refractivity contribution in [2.45, 2.75) is 24.8 Å². The number of carboxylic acid groups (broad SMARTS) is 1. The van der Waals surface area contributed by atoms with E-state index in [1.807, 2.05) is 13.0 Å². The summed E-state index contributed by atoms with van der Waals surface area (Å²) in [6.07, 6.45) is 0.122. The van der Waals surface area contributed by atoms with Crippen molar-refractivity contribution >= 4 is 35.3 Å². The van der Waals surface area contributed by atoms with Gasteiger partial charge < -0.3 is 10.4 Å². The summed E-state index contributed by atoms with van der Waals surface area (Å²) in [4.78, 5) is 36.1. The van der Waals surface area contributed by atoms with Crippen LogP contribution in [0, 0.1) is 0 Å². The van der Waals surface area contributed by atoms with Crippen LogP contribution in [0.4, 0.5) is 0 Å². The molecular formula is C21H21N3O4S. The summed E-state index contributed by atoms with van der Waals surface area (Å²) in [5.41, 5.74) is 1.23. The Balaban J connectivity index is 1.98. The summed E-state index contributed by atoms with van der Waals surface area (Å²) < 4.78 is 0. The minimum Gasteiger partial charge on any atom is -0.481 e. The predicted octanol–water partition coefficient (Wildman–Crippen LogP) is 3.20. The average molecular weight is 411 g/mol. The first-order chi connectivity index (χ1) is 13.9. The Kier molecular flexibility index (Phi) is 6.33. The second-order valence-corrected chi connectivity index (χ2v) is 7.72. The number of rotatable bonds is 6. The van der Waals surface area contributed by atoms with Crippen molar-refractivity contribution in [3.8, 4) is 0 Å². The molecule has 1 heterocycles. The molecule has 2 aromatic rings. The molecule has 2 amide bonds. The van der Waals surface area contributed by atoms with Gasteiger partial charge in [-0.05, 0) is 30.7 Å². The van der Waals surface area contributed by atoms with Crippen LogP contribution in [0.25, 0.3) is 0 Å². The quantitative estimate of drug-likeness (QED) is 0.761. The van der Waals surface area contributed by atoms with Gasteiger partial charge in [0, 0.05) is 16.9 Å². The maximum atomic E-state index is 13.2. The molecule has 1 atom stereocenters. The summed E-state index contributed by atoms with van der Waals surface area (Å²) in [6, 6.07) is 17.3. The fourth-order valence-corrected chi connectivity index (χ4v) is 4.14. The molecule has 0 saturated heterocycles. The Bertz CT molecular complexity index is 933. The zero-order chi connectivity index (χ0) is 20.9. The van der Waals surface area contributed by atoms with Gasteiger partial charge in [-0.15, -0.1) is 11.8 Å². The van der Waals surface area contributed by atoms with Crippen LogP contribution in [0.15, 0.2) is 65.8 Å². The summed E-state index contributed by atoms with van der Waals surface area (Å²) in [7, 11) is 0. The lowest BCUT2D eigenvalue weighted by atomic mass is 10.1. The molecule has 8 heteroatoms. The molecule has 150 valence electrons. The van der Waals surface area contributed by atoms with Gasteiger partial charge in [0.05, 0.1) is 12.1 Å². The second kappa shape index (κ2) is 8.91. The molecule has 0 aromatic heterocycles. The van der Waals surface area contributed by atoms with E-state index in [-0.39, 0.29) is 12.3 Å². The smallest absolute Gasteiger partial charge is 0.309 e. The van der Waals surface area contributed by atoms with Gasteiger partial charge in [0.15, 0.2) is 4.99 Å². The summed E-state index contributed by atoms with van der Waals surface area (Å²) in [6.45, 7) is 1.85. The van der Waals surface area contributed by atoms with E-state index >= 15 is 0 Å². The van der Waals surface area contributed by atoms with Crippen molar-refractivity contribution in [2.24, 2.45) is 5.10 Å². The van der Waals surface area contributed by atoms with E-state index in [1.54, 1.807) is 54.6 Å². The number of hydrogen-bond acceptors (Lipinski definition) is 5. The molecule has 0 spiro atoms. The van der Waals surface area contributed by atoms with Crippen molar-refractivity contribution in [1.29, 1.82) is 0 Å². The van der Waals surface area contributed by atoms with Gasteiger partial charge in [-0.25, -0.2) is 0 Å². The monoisotopic (exact) mass is 411 g/mol. The zero-order valence-electron chi connectivity index (χ0n) is 15.9. The maximum absolute atomic E-state index is 13.2. The van der Waals surface area contributed by atoms with Crippen molar-refractivity contribution in [1.82, 2.24) is 10.3 Å². The number of benzene rings is 2. The molecule has 1 unspecified atom stereocenters. The SMILES string of the molecule is CCC1(NC(=O)c2ccccc2)SCC(CC(=O)O)=NN1C(=O)c1ccccc1. The Morgan fingerprint density at radius 2 is 1.66 bits per heavy atom. The molecule has 0 aliphatic carbocycles. The van der Waals surface area contributed by atoms with Crippen LogP contribution in [0.2, 0.25) is 0 Å². The molecular weight excluding hydrogens is 390 g/mol. The average Bonchev–Trinajstić information content (AvgIpc) is 2.75. The Morgan fingerprint density at radius 1 is 1.07 bits per heavy atom. The van der Waals surface area contributed by atoms with E-state index in [0.717, 1.165) is 0 Å². The molecule has 2 aromatic carbocycles. The summed E-state index contributed by atoms with van der Waals surface area (Å²) in [5.74, 6) is -1.46. The van der Waals surface area contributed by atoms with E-state index < -0.39 is 16.9 Å². The first-order valence-corrected chi connectivity index (χ1v) is 10.1. The number of hydrazone groups is 1. The molecule has 2 N–H and O–H groups in total. The molecule has 29 heavy (non-hydrogen) atoms.